The molecule has 4 amide bonds. The minimum atomic E-state index is -0.659. The summed E-state index contributed by atoms with van der Waals surface area (Å²) < 4.78 is 21.1. The third-order valence-electron chi connectivity index (χ3n) is 10.3. The number of aryl methyl sites for hydroxylation is 4. The number of methoxy groups -OCH3 is 1. The lowest BCUT2D eigenvalue weighted by Crippen LogP contribution is -2.37. The highest BCUT2D eigenvalue weighted by Crippen LogP contribution is 2.34. The summed E-state index contributed by atoms with van der Waals surface area (Å²) >= 11 is 2.59. The van der Waals surface area contributed by atoms with Crippen LogP contribution >= 0.6 is 22.7 Å². The van der Waals surface area contributed by atoms with Gasteiger partial charge < -0.3 is 34.8 Å². The number of hydrogen-bond acceptors (Lipinski definition) is 14. The number of amides is 4. The molecule has 0 saturated carbocycles. The van der Waals surface area contributed by atoms with Gasteiger partial charge in [-0.1, -0.05) is 26.0 Å². The van der Waals surface area contributed by atoms with Gasteiger partial charge in [-0.3, -0.25) is 34.7 Å². The van der Waals surface area contributed by atoms with Gasteiger partial charge in [-0.25, -0.2) is 19.9 Å². The second-order valence-electron chi connectivity index (χ2n) is 14.5. The smallest absolute Gasteiger partial charge is 0.269 e. The van der Waals surface area contributed by atoms with E-state index in [9.17, 15) is 19.2 Å². The van der Waals surface area contributed by atoms with Gasteiger partial charge >= 0.3 is 0 Å². The number of carbonyl (C=O) groups excluding carboxylic acids is 4. The van der Waals surface area contributed by atoms with Crippen molar-refractivity contribution in [2.45, 2.75) is 60.0 Å². The van der Waals surface area contributed by atoms with E-state index >= 15 is 0 Å². The number of anilines is 2. The Labute approximate surface area is 365 Å². The van der Waals surface area contributed by atoms with Crippen LogP contribution in [0.2, 0.25) is 0 Å². The van der Waals surface area contributed by atoms with Crippen LogP contribution in [0.1, 0.15) is 81.7 Å². The first-order chi connectivity index (χ1) is 29.9. The Morgan fingerprint density at radius 2 is 1.24 bits per heavy atom. The van der Waals surface area contributed by atoms with E-state index in [0.717, 1.165) is 36.1 Å². The SMILES string of the molecule is CCc1nc(C)sc1C(=O)Nc1nc2cc(C(N)=O)cc(OC)c2n1C/C=C/Cn1c(NC(=O)c2sc(C)nc2CC)nc2cc(C(N)=O)cc(OCCCN3CCOCC3)c21. The summed E-state index contributed by atoms with van der Waals surface area (Å²) in [4.78, 5) is 74.2. The standard InChI is InChI=1S/C42H49N11O7S2/c1-6-27-35(61-23(3)45-27)39(56)49-41-47-29-19-25(37(43)54)21-31(58-5)33(29)52(41)12-8-9-13-53-34-30(48-42(53)50-40(57)36-28(7-2)46-24(4)62-36)20-26(38(44)55)22-32(34)60-16-10-11-51-14-17-59-18-15-51/h8-9,19-22H,6-7,10-18H2,1-5H3,(H2,43,54)(H2,44,55)(H,47,49,56)(H,48,50,57)/b9-8+. The Kier molecular flexibility index (Phi) is 13.6. The lowest BCUT2D eigenvalue weighted by molar-refractivity contribution is 0.0358. The lowest BCUT2D eigenvalue weighted by Gasteiger charge is -2.26. The second-order valence-corrected chi connectivity index (χ2v) is 16.9. The van der Waals surface area contributed by atoms with Gasteiger partial charge in [0.1, 0.15) is 32.3 Å². The van der Waals surface area contributed by atoms with Crippen molar-refractivity contribution in [1.29, 1.82) is 0 Å². The van der Waals surface area contributed by atoms with Crippen LogP contribution in [0, 0.1) is 13.8 Å². The fourth-order valence-corrected chi connectivity index (χ4v) is 9.11. The average Bonchev–Trinajstić information content (AvgIpc) is 4.03. The average molecular weight is 884 g/mol. The third-order valence-corrected chi connectivity index (χ3v) is 12.3. The first-order valence-corrected chi connectivity index (χ1v) is 21.9. The number of allylic oxidation sites excluding steroid dienone is 2. The van der Waals surface area contributed by atoms with Crippen molar-refractivity contribution in [2.75, 3.05) is 57.2 Å². The van der Waals surface area contributed by atoms with Crippen molar-refractivity contribution in [2.24, 2.45) is 11.5 Å². The number of aromatic nitrogens is 6. The molecule has 6 N–H and O–H groups in total. The molecule has 0 radical (unpaired) electrons. The number of imidazole rings is 2. The van der Waals surface area contributed by atoms with Crippen LogP contribution in [0.4, 0.5) is 11.9 Å². The van der Waals surface area contributed by atoms with Crippen LogP contribution < -0.4 is 31.6 Å². The molecule has 2 aromatic carbocycles. The second kappa shape index (κ2) is 19.2. The van der Waals surface area contributed by atoms with E-state index in [2.05, 4.69) is 25.5 Å². The molecule has 1 saturated heterocycles. The minimum absolute atomic E-state index is 0.186. The number of benzene rings is 2. The fraction of sp³-hybridized carbons (Fsp3) is 0.381. The van der Waals surface area contributed by atoms with E-state index in [-0.39, 0.29) is 47.9 Å². The summed E-state index contributed by atoms with van der Waals surface area (Å²) in [5.41, 5.74) is 15.0. The number of primary amides is 2. The molecule has 0 spiro atoms. The minimum Gasteiger partial charge on any atom is -0.494 e. The Hall–Kier alpha value is -6.22. The molecule has 1 aliphatic heterocycles. The van der Waals surface area contributed by atoms with Gasteiger partial charge in [0.2, 0.25) is 23.7 Å². The molecule has 1 fully saturated rings. The first kappa shape index (κ1) is 43.9. The lowest BCUT2D eigenvalue weighted by atomic mass is 10.1. The van der Waals surface area contributed by atoms with E-state index in [0.29, 0.717) is 87.4 Å². The molecule has 6 aromatic rings. The summed E-state index contributed by atoms with van der Waals surface area (Å²) in [6.45, 7) is 12.2. The van der Waals surface area contributed by atoms with E-state index < -0.39 is 11.8 Å². The normalized spacial score (nSPS) is 13.3. The van der Waals surface area contributed by atoms with Gasteiger partial charge in [-0.05, 0) is 57.4 Å². The van der Waals surface area contributed by atoms with Crippen LogP contribution in [0.5, 0.6) is 11.5 Å². The molecule has 4 aromatic heterocycles. The number of thiazole rings is 2. The summed E-state index contributed by atoms with van der Waals surface area (Å²) in [5.74, 6) is -0.910. The first-order valence-electron chi connectivity index (χ1n) is 20.2. The number of hydrogen-bond donors (Lipinski definition) is 4. The molecule has 18 nitrogen and oxygen atoms in total. The molecular formula is C42H49N11O7S2. The predicted molar refractivity (Wildman–Crippen MR) is 238 cm³/mol. The Bertz CT molecular complexity index is 2690. The summed E-state index contributed by atoms with van der Waals surface area (Å²) in [6, 6.07) is 6.26. The number of carbonyl (C=O) groups is 4. The molecule has 20 heteroatoms. The highest BCUT2D eigenvalue weighted by molar-refractivity contribution is 7.14. The fourth-order valence-electron chi connectivity index (χ4n) is 7.30. The predicted octanol–water partition coefficient (Wildman–Crippen LogP) is 5.11. The van der Waals surface area contributed by atoms with Gasteiger partial charge in [0, 0.05) is 43.9 Å². The zero-order valence-electron chi connectivity index (χ0n) is 35.2. The number of morpholine rings is 1. The number of nitrogens with zero attached hydrogens (tertiary/aromatic N) is 7. The topological polar surface area (TPSA) is 237 Å². The maximum atomic E-state index is 13.8. The molecule has 0 atom stereocenters. The highest BCUT2D eigenvalue weighted by atomic mass is 32.1. The molecular weight excluding hydrogens is 835 g/mol. The van der Waals surface area contributed by atoms with Crippen LogP contribution in [0.25, 0.3) is 22.1 Å². The number of fused-ring (bicyclic) bond motifs is 2. The number of nitrogens with two attached hydrogens (primary N) is 2. The van der Waals surface area contributed by atoms with Crippen molar-refractivity contribution < 1.29 is 33.4 Å². The Morgan fingerprint density at radius 1 is 0.758 bits per heavy atom. The van der Waals surface area contributed by atoms with E-state index in [1.54, 1.807) is 27.3 Å². The molecule has 326 valence electrons. The molecule has 0 aliphatic carbocycles. The van der Waals surface area contributed by atoms with E-state index in [1.807, 2.05) is 39.8 Å². The van der Waals surface area contributed by atoms with E-state index in [4.69, 9.17) is 35.6 Å². The quantitative estimate of drug-likeness (QED) is 0.0651. The van der Waals surface area contributed by atoms with Gasteiger partial charge in [-0.15, -0.1) is 22.7 Å². The molecule has 7 rings (SSSR count). The van der Waals surface area contributed by atoms with Crippen molar-refractivity contribution in [3.05, 3.63) is 78.7 Å². The van der Waals surface area contributed by atoms with Crippen molar-refractivity contribution in [3.8, 4) is 11.5 Å². The zero-order chi connectivity index (χ0) is 44.1. The Morgan fingerprint density at radius 3 is 1.71 bits per heavy atom. The molecule has 0 bridgehead atoms. The zero-order valence-corrected chi connectivity index (χ0v) is 36.8. The number of nitrogens with one attached hydrogen (secondary N) is 2. The van der Waals surface area contributed by atoms with Crippen LogP contribution in [0.15, 0.2) is 36.4 Å². The van der Waals surface area contributed by atoms with Gasteiger partial charge in [0.15, 0.2) is 0 Å². The number of rotatable bonds is 18. The van der Waals surface area contributed by atoms with Crippen molar-refractivity contribution in [3.63, 3.8) is 0 Å². The highest BCUT2D eigenvalue weighted by Gasteiger charge is 2.24. The summed E-state index contributed by atoms with van der Waals surface area (Å²) in [5, 5.41) is 7.48. The van der Waals surface area contributed by atoms with Crippen molar-refractivity contribution >= 4 is 80.3 Å². The maximum absolute atomic E-state index is 13.8. The monoisotopic (exact) mass is 883 g/mol. The molecule has 1 aliphatic rings. The molecule has 0 unspecified atom stereocenters. The van der Waals surface area contributed by atoms with Crippen LogP contribution in [0.3, 0.4) is 0 Å². The largest absolute Gasteiger partial charge is 0.494 e. The number of ether oxygens (including phenoxy) is 3. The van der Waals surface area contributed by atoms with Gasteiger partial charge in [0.25, 0.3) is 11.8 Å². The molecule has 62 heavy (non-hydrogen) atoms. The van der Waals surface area contributed by atoms with Crippen molar-refractivity contribution in [1.82, 2.24) is 34.0 Å². The maximum Gasteiger partial charge on any atom is 0.269 e. The van der Waals surface area contributed by atoms with Crippen LogP contribution in [-0.4, -0.2) is 104 Å². The third kappa shape index (κ3) is 9.47. The van der Waals surface area contributed by atoms with Gasteiger partial charge in [-0.2, -0.15) is 0 Å². The van der Waals surface area contributed by atoms with Crippen LogP contribution in [-0.2, 0) is 30.7 Å². The molecule has 5 heterocycles. The van der Waals surface area contributed by atoms with E-state index in [1.165, 1.54) is 35.8 Å². The Balaban J connectivity index is 1.25. The van der Waals surface area contributed by atoms with Gasteiger partial charge in [0.05, 0.1) is 59.4 Å². The summed E-state index contributed by atoms with van der Waals surface area (Å²) in [7, 11) is 1.47. The summed E-state index contributed by atoms with van der Waals surface area (Å²) in [6.07, 6.45) is 5.60.